The molecule has 8 nitrogen and oxygen atoms in total. The van der Waals surface area contributed by atoms with Crippen LogP contribution in [0.3, 0.4) is 0 Å². The Bertz CT molecular complexity index is 1250. The van der Waals surface area contributed by atoms with E-state index in [1.807, 2.05) is 33.6 Å². The van der Waals surface area contributed by atoms with Crippen LogP contribution in [0.1, 0.15) is 62.3 Å². The number of ether oxygens (including phenoxy) is 2. The van der Waals surface area contributed by atoms with Gasteiger partial charge in [-0.05, 0) is 39.7 Å². The number of nitrogens with two attached hydrogens (primary N) is 1. The predicted octanol–water partition coefficient (Wildman–Crippen LogP) is 3.93. The maximum atomic E-state index is 10.1. The first-order valence-electron chi connectivity index (χ1n) is 10.7. The van der Waals surface area contributed by atoms with Crippen LogP contribution in [0.2, 0.25) is 0 Å². The van der Waals surface area contributed by atoms with E-state index in [-0.39, 0.29) is 11.4 Å². The average Bonchev–Trinajstić information content (AvgIpc) is 3.30. The number of aromatic nitrogens is 4. The van der Waals surface area contributed by atoms with Crippen LogP contribution in [0.15, 0.2) is 48.4 Å². The molecular formula is C24H26N6O2. The van der Waals surface area contributed by atoms with Gasteiger partial charge in [-0.2, -0.15) is 10.4 Å². The number of allylic oxidation sites excluding steroid dienone is 1. The fraction of sp³-hybridized carbons (Fsp3) is 0.375. The molecule has 5 rings (SSSR count). The molecule has 1 atom stereocenters. The lowest BCUT2D eigenvalue weighted by molar-refractivity contribution is 0.277. The molecule has 0 spiro atoms. The van der Waals surface area contributed by atoms with Crippen molar-refractivity contribution in [3.8, 4) is 23.4 Å². The second-order valence-electron chi connectivity index (χ2n) is 9.28. The summed E-state index contributed by atoms with van der Waals surface area (Å²) in [5, 5.41) is 15.0. The zero-order chi connectivity index (χ0) is 22.6. The fourth-order valence-corrected chi connectivity index (χ4v) is 4.30. The first-order chi connectivity index (χ1) is 15.3. The van der Waals surface area contributed by atoms with Crippen molar-refractivity contribution >= 4 is 0 Å². The molecule has 3 heterocycles. The summed E-state index contributed by atoms with van der Waals surface area (Å²) in [5.74, 6) is 1.34. The number of methoxy groups -OCH3 is 1. The number of benzene rings is 1. The molecule has 2 aliphatic rings. The normalized spacial score (nSPS) is 18.2. The summed E-state index contributed by atoms with van der Waals surface area (Å²) < 4.78 is 15.6. The number of fused-ring (bicyclic) bond motifs is 1. The van der Waals surface area contributed by atoms with Crippen LogP contribution in [0.4, 0.5) is 0 Å². The van der Waals surface area contributed by atoms with E-state index in [1.54, 1.807) is 19.6 Å². The summed E-state index contributed by atoms with van der Waals surface area (Å²) in [6.07, 6.45) is 7.50. The van der Waals surface area contributed by atoms with E-state index in [0.29, 0.717) is 23.1 Å². The Morgan fingerprint density at radius 2 is 2.06 bits per heavy atom. The average molecular weight is 431 g/mol. The van der Waals surface area contributed by atoms with Crippen LogP contribution in [0.25, 0.3) is 5.69 Å². The first kappa shape index (κ1) is 20.2. The molecule has 0 radical (unpaired) electrons. The number of nitriles is 1. The molecule has 1 aliphatic heterocycles. The van der Waals surface area contributed by atoms with Crippen molar-refractivity contribution in [3.63, 3.8) is 0 Å². The van der Waals surface area contributed by atoms with Crippen molar-refractivity contribution in [1.82, 2.24) is 19.3 Å². The summed E-state index contributed by atoms with van der Waals surface area (Å²) >= 11 is 0. The number of nitrogens with zero attached hydrogens (tertiary/aromatic N) is 5. The Kier molecular flexibility index (Phi) is 4.52. The van der Waals surface area contributed by atoms with Gasteiger partial charge in [-0.25, -0.2) is 9.67 Å². The van der Waals surface area contributed by atoms with Gasteiger partial charge in [0.1, 0.15) is 17.4 Å². The smallest absolute Gasteiger partial charge is 0.224 e. The highest BCUT2D eigenvalue weighted by atomic mass is 16.5. The van der Waals surface area contributed by atoms with Gasteiger partial charge in [0.25, 0.3) is 0 Å². The van der Waals surface area contributed by atoms with Crippen LogP contribution >= 0.6 is 0 Å². The van der Waals surface area contributed by atoms with E-state index in [1.165, 1.54) is 0 Å². The maximum Gasteiger partial charge on any atom is 0.224 e. The van der Waals surface area contributed by atoms with Gasteiger partial charge in [-0.1, -0.05) is 6.07 Å². The van der Waals surface area contributed by atoms with Gasteiger partial charge in [0.2, 0.25) is 11.8 Å². The molecular weight excluding hydrogens is 404 g/mol. The zero-order valence-electron chi connectivity index (χ0n) is 18.7. The van der Waals surface area contributed by atoms with Crippen molar-refractivity contribution in [1.29, 1.82) is 5.26 Å². The van der Waals surface area contributed by atoms with Gasteiger partial charge in [-0.15, -0.1) is 0 Å². The molecule has 3 aromatic rings. The summed E-state index contributed by atoms with van der Waals surface area (Å²) in [7, 11) is 1.64. The van der Waals surface area contributed by atoms with Gasteiger partial charge < -0.3 is 19.8 Å². The summed E-state index contributed by atoms with van der Waals surface area (Å²) in [6.45, 7) is 6.24. The highest BCUT2D eigenvalue weighted by molar-refractivity contribution is 5.61. The largest absolute Gasteiger partial charge is 0.496 e. The second kappa shape index (κ2) is 7.16. The Balaban J connectivity index is 1.74. The van der Waals surface area contributed by atoms with Crippen molar-refractivity contribution < 1.29 is 9.47 Å². The Labute approximate surface area is 186 Å². The van der Waals surface area contributed by atoms with E-state index >= 15 is 0 Å². The Morgan fingerprint density at radius 3 is 2.66 bits per heavy atom. The molecule has 32 heavy (non-hydrogen) atoms. The van der Waals surface area contributed by atoms with Crippen LogP contribution in [-0.2, 0) is 5.54 Å². The van der Waals surface area contributed by atoms with Crippen molar-refractivity contribution in [2.75, 3.05) is 7.11 Å². The van der Waals surface area contributed by atoms with Crippen LogP contribution in [0, 0.1) is 11.3 Å². The lowest BCUT2D eigenvalue weighted by Crippen LogP contribution is -2.27. The lowest BCUT2D eigenvalue weighted by Gasteiger charge is -2.28. The van der Waals surface area contributed by atoms with E-state index in [2.05, 4.69) is 31.8 Å². The molecule has 1 aromatic carbocycles. The summed E-state index contributed by atoms with van der Waals surface area (Å²) in [5.41, 5.74) is 10.0. The van der Waals surface area contributed by atoms with Gasteiger partial charge in [-0.3, -0.25) is 0 Å². The van der Waals surface area contributed by atoms with Crippen LogP contribution < -0.4 is 15.2 Å². The second-order valence-corrected chi connectivity index (χ2v) is 9.28. The minimum Gasteiger partial charge on any atom is -0.496 e. The molecule has 8 heteroatoms. The first-order valence-corrected chi connectivity index (χ1v) is 10.7. The van der Waals surface area contributed by atoms with Gasteiger partial charge in [0.05, 0.1) is 41.8 Å². The minimum absolute atomic E-state index is 0.110. The number of hydrogen-bond acceptors (Lipinski definition) is 6. The summed E-state index contributed by atoms with van der Waals surface area (Å²) in [6, 6.07) is 8.22. The SMILES string of the molecule is COc1cc(-n2ccnc2)ccc1C1C(C#N)=C(N)Oc2c1c(C1CC1)nn2C(C)(C)C. The molecule has 0 amide bonds. The third-order valence-electron chi connectivity index (χ3n) is 6.01. The van der Waals surface area contributed by atoms with Crippen molar-refractivity contribution in [3.05, 3.63) is 65.2 Å². The van der Waals surface area contributed by atoms with Crippen molar-refractivity contribution in [2.45, 2.75) is 51.0 Å². The van der Waals surface area contributed by atoms with Crippen LogP contribution in [0.5, 0.6) is 11.6 Å². The van der Waals surface area contributed by atoms with E-state index in [9.17, 15) is 5.26 Å². The molecule has 0 bridgehead atoms. The number of imidazole rings is 1. The third-order valence-corrected chi connectivity index (χ3v) is 6.01. The van der Waals surface area contributed by atoms with E-state index in [4.69, 9.17) is 20.3 Å². The quantitative estimate of drug-likeness (QED) is 0.673. The van der Waals surface area contributed by atoms with Gasteiger partial charge in [0.15, 0.2) is 0 Å². The molecule has 164 valence electrons. The minimum atomic E-state index is -0.415. The molecule has 0 saturated heterocycles. The highest BCUT2D eigenvalue weighted by Crippen LogP contribution is 2.53. The van der Waals surface area contributed by atoms with Crippen molar-refractivity contribution in [2.24, 2.45) is 5.73 Å². The zero-order valence-corrected chi connectivity index (χ0v) is 18.7. The third kappa shape index (κ3) is 3.12. The predicted molar refractivity (Wildman–Crippen MR) is 119 cm³/mol. The summed E-state index contributed by atoms with van der Waals surface area (Å²) in [4.78, 5) is 4.12. The highest BCUT2D eigenvalue weighted by Gasteiger charge is 2.43. The Morgan fingerprint density at radius 1 is 1.28 bits per heavy atom. The van der Waals surface area contributed by atoms with Crippen LogP contribution in [-0.4, -0.2) is 26.4 Å². The maximum absolute atomic E-state index is 10.1. The Hall–Kier alpha value is -3.73. The number of hydrogen-bond donors (Lipinski definition) is 1. The molecule has 2 N–H and O–H groups in total. The van der Waals surface area contributed by atoms with Gasteiger partial charge in [0, 0.05) is 29.9 Å². The fourth-order valence-electron chi connectivity index (χ4n) is 4.30. The monoisotopic (exact) mass is 430 g/mol. The topological polar surface area (TPSA) is 104 Å². The molecule has 1 aliphatic carbocycles. The van der Waals surface area contributed by atoms with E-state index < -0.39 is 5.92 Å². The van der Waals surface area contributed by atoms with E-state index in [0.717, 1.165) is 35.3 Å². The molecule has 1 fully saturated rings. The standard InChI is InChI=1S/C24H26N6O2/c1-24(2,3)30-23-20(21(28-30)14-5-6-14)19(17(12-25)22(26)32-23)16-8-7-15(11-18(16)31-4)29-10-9-27-13-29/h7-11,13-14,19H,5-6,26H2,1-4H3. The molecule has 2 aromatic heterocycles. The lowest BCUT2D eigenvalue weighted by atomic mass is 9.82. The number of rotatable bonds is 4. The molecule has 1 saturated carbocycles. The molecule has 1 unspecified atom stereocenters. The van der Waals surface area contributed by atoms with Gasteiger partial charge >= 0.3 is 0 Å².